The zero-order chi connectivity index (χ0) is 25.5. The third kappa shape index (κ3) is 6.75. The molecule has 8 heteroatoms. The number of hydrogen-bond acceptors (Lipinski definition) is 4. The van der Waals surface area contributed by atoms with Gasteiger partial charge in [-0.15, -0.1) is 0 Å². The molecule has 1 fully saturated rings. The van der Waals surface area contributed by atoms with Gasteiger partial charge in [-0.1, -0.05) is 50.1 Å². The number of benzene rings is 3. The maximum atomic E-state index is 15.2. The molecule has 0 aromatic heterocycles. The second kappa shape index (κ2) is 12.5. The predicted molar refractivity (Wildman–Crippen MR) is 128 cm³/mol. The van der Waals surface area contributed by atoms with Crippen molar-refractivity contribution in [3.05, 3.63) is 76.9 Å². The molecule has 0 unspecified atom stereocenters. The Hall–Kier alpha value is -2.68. The first kappa shape index (κ1) is 26.4. The molecule has 194 valence electrons. The fourth-order valence-corrected chi connectivity index (χ4v) is 4.24. The summed E-state index contributed by atoms with van der Waals surface area (Å²) in [5.41, 5.74) is 1.85. The van der Waals surface area contributed by atoms with Gasteiger partial charge < -0.3 is 18.9 Å². The Bertz CT molecular complexity index is 1150. The Morgan fingerprint density at radius 2 is 1.75 bits per heavy atom. The van der Waals surface area contributed by atoms with E-state index in [0.717, 1.165) is 42.3 Å². The van der Waals surface area contributed by atoms with Crippen LogP contribution < -0.4 is 4.74 Å². The van der Waals surface area contributed by atoms with Crippen molar-refractivity contribution in [3.8, 4) is 5.75 Å². The van der Waals surface area contributed by atoms with E-state index >= 15 is 4.39 Å². The van der Waals surface area contributed by atoms with Crippen LogP contribution in [0.2, 0.25) is 0 Å². The molecular weight excluding hydrogens is 476 g/mol. The predicted octanol–water partition coefficient (Wildman–Crippen LogP) is 7.13. The maximum Gasteiger partial charge on any atom is 0.387 e. The molecule has 1 saturated heterocycles. The van der Waals surface area contributed by atoms with E-state index in [1.54, 1.807) is 18.2 Å². The molecule has 0 bridgehead atoms. The largest absolute Gasteiger partial charge is 0.432 e. The fourth-order valence-electron chi connectivity index (χ4n) is 4.24. The summed E-state index contributed by atoms with van der Waals surface area (Å²) in [6, 6.07) is 12.7. The highest BCUT2D eigenvalue weighted by molar-refractivity contribution is 5.84. The first-order valence-corrected chi connectivity index (χ1v) is 12.2. The molecule has 0 saturated carbocycles. The van der Waals surface area contributed by atoms with Crippen LogP contribution in [0.5, 0.6) is 5.75 Å². The number of unbranched alkanes of at least 4 members (excludes halogenated alkanes) is 2. The van der Waals surface area contributed by atoms with Crippen LogP contribution in [0.15, 0.2) is 48.5 Å². The Balaban J connectivity index is 1.36. The van der Waals surface area contributed by atoms with Gasteiger partial charge in [0.2, 0.25) is 0 Å². The topological polar surface area (TPSA) is 36.9 Å². The molecule has 3 aromatic rings. The summed E-state index contributed by atoms with van der Waals surface area (Å²) >= 11 is 0. The summed E-state index contributed by atoms with van der Waals surface area (Å²) in [6.07, 6.45) is 3.36. The molecule has 36 heavy (non-hydrogen) atoms. The number of ether oxygens (including phenoxy) is 4. The van der Waals surface area contributed by atoms with Gasteiger partial charge >= 0.3 is 6.61 Å². The van der Waals surface area contributed by atoms with E-state index in [4.69, 9.17) is 14.2 Å². The Labute approximate surface area is 208 Å². The molecule has 1 aliphatic rings. The number of halogens is 4. The summed E-state index contributed by atoms with van der Waals surface area (Å²) in [4.78, 5) is 0. The molecule has 0 aliphatic carbocycles. The number of fused-ring (bicyclic) bond motifs is 1. The van der Waals surface area contributed by atoms with Crippen molar-refractivity contribution in [1.82, 2.24) is 0 Å². The standard InChI is InChI=1S/C28H30F4O4/c1-2-3-4-13-33-22-16-34-27(35-17-22)21-10-11-23-20(15-21)9-8-19(26(23)30)7-5-18-6-12-25(24(29)14-18)36-28(31)32/h6,8-12,14-15,22,27-28H,2-5,7,13,16-17H2,1H3. The molecule has 0 amide bonds. The average Bonchev–Trinajstić information content (AvgIpc) is 2.88. The van der Waals surface area contributed by atoms with Gasteiger partial charge in [0.05, 0.1) is 13.2 Å². The molecule has 3 aromatic carbocycles. The minimum atomic E-state index is -3.10. The number of hydrogen-bond donors (Lipinski definition) is 0. The van der Waals surface area contributed by atoms with E-state index in [2.05, 4.69) is 11.7 Å². The third-order valence-corrected chi connectivity index (χ3v) is 6.19. The lowest BCUT2D eigenvalue weighted by Gasteiger charge is -2.29. The molecule has 4 nitrogen and oxygen atoms in total. The van der Waals surface area contributed by atoms with Crippen molar-refractivity contribution in [2.75, 3.05) is 19.8 Å². The fraction of sp³-hybridized carbons (Fsp3) is 0.429. The average molecular weight is 507 g/mol. The minimum absolute atomic E-state index is 0.0833. The lowest BCUT2D eigenvalue weighted by atomic mass is 9.99. The smallest absolute Gasteiger partial charge is 0.387 e. The zero-order valence-electron chi connectivity index (χ0n) is 20.2. The van der Waals surface area contributed by atoms with Gasteiger partial charge in [0, 0.05) is 17.6 Å². The van der Waals surface area contributed by atoms with Crippen molar-refractivity contribution in [2.24, 2.45) is 0 Å². The summed E-state index contributed by atoms with van der Waals surface area (Å²) in [5.74, 6) is -1.73. The second-order valence-electron chi connectivity index (χ2n) is 8.86. The van der Waals surface area contributed by atoms with E-state index in [9.17, 15) is 13.2 Å². The summed E-state index contributed by atoms with van der Waals surface area (Å²) < 4.78 is 75.4. The van der Waals surface area contributed by atoms with E-state index in [1.807, 2.05) is 12.1 Å². The Morgan fingerprint density at radius 1 is 0.944 bits per heavy atom. The van der Waals surface area contributed by atoms with Crippen LogP contribution in [0.1, 0.15) is 49.2 Å². The molecule has 0 atom stereocenters. The van der Waals surface area contributed by atoms with Crippen molar-refractivity contribution in [2.45, 2.75) is 58.0 Å². The van der Waals surface area contributed by atoms with Crippen molar-refractivity contribution in [3.63, 3.8) is 0 Å². The van der Waals surface area contributed by atoms with Crippen LogP contribution in [-0.4, -0.2) is 32.5 Å². The van der Waals surface area contributed by atoms with Gasteiger partial charge in [0.1, 0.15) is 11.9 Å². The van der Waals surface area contributed by atoms with Crippen LogP contribution >= 0.6 is 0 Å². The van der Waals surface area contributed by atoms with E-state index in [1.165, 1.54) is 6.07 Å². The minimum Gasteiger partial charge on any atom is -0.432 e. The van der Waals surface area contributed by atoms with Crippen LogP contribution in [0.4, 0.5) is 17.6 Å². The lowest BCUT2D eigenvalue weighted by Crippen LogP contribution is -2.33. The summed E-state index contributed by atoms with van der Waals surface area (Å²) in [5, 5.41) is 1.19. The molecule has 1 heterocycles. The molecular formula is C28H30F4O4. The van der Waals surface area contributed by atoms with Gasteiger partial charge in [-0.3, -0.25) is 0 Å². The first-order chi connectivity index (χ1) is 17.4. The normalized spacial score (nSPS) is 18.2. The molecule has 4 rings (SSSR count). The van der Waals surface area contributed by atoms with Gasteiger partial charge in [0.15, 0.2) is 17.9 Å². The Morgan fingerprint density at radius 3 is 2.47 bits per heavy atom. The lowest BCUT2D eigenvalue weighted by molar-refractivity contribution is -0.230. The highest BCUT2D eigenvalue weighted by Gasteiger charge is 2.24. The van der Waals surface area contributed by atoms with E-state index < -0.39 is 24.5 Å². The third-order valence-electron chi connectivity index (χ3n) is 6.19. The van der Waals surface area contributed by atoms with Crippen molar-refractivity contribution >= 4 is 10.8 Å². The van der Waals surface area contributed by atoms with Crippen molar-refractivity contribution in [1.29, 1.82) is 0 Å². The van der Waals surface area contributed by atoms with Crippen LogP contribution in [0.25, 0.3) is 10.8 Å². The van der Waals surface area contributed by atoms with Crippen LogP contribution in [0.3, 0.4) is 0 Å². The van der Waals surface area contributed by atoms with Gasteiger partial charge in [-0.05, 0) is 54.0 Å². The van der Waals surface area contributed by atoms with Crippen LogP contribution in [-0.2, 0) is 27.1 Å². The maximum absolute atomic E-state index is 15.2. The summed E-state index contributed by atoms with van der Waals surface area (Å²) in [6.45, 7) is 0.630. The number of alkyl halides is 2. The van der Waals surface area contributed by atoms with Crippen LogP contribution in [0, 0.1) is 11.6 Å². The molecule has 0 N–H and O–H groups in total. The van der Waals surface area contributed by atoms with Gasteiger partial charge in [-0.25, -0.2) is 8.78 Å². The quantitative estimate of drug-likeness (QED) is 0.205. The number of rotatable bonds is 11. The molecule has 0 radical (unpaired) electrons. The zero-order valence-corrected chi connectivity index (χ0v) is 20.2. The monoisotopic (exact) mass is 506 g/mol. The molecule has 0 spiro atoms. The second-order valence-corrected chi connectivity index (χ2v) is 8.86. The van der Waals surface area contributed by atoms with Gasteiger partial charge in [0.25, 0.3) is 0 Å². The summed E-state index contributed by atoms with van der Waals surface area (Å²) in [7, 11) is 0. The number of aryl methyl sites for hydroxylation is 2. The van der Waals surface area contributed by atoms with Crippen molar-refractivity contribution < 1.29 is 36.5 Å². The van der Waals surface area contributed by atoms with Gasteiger partial charge in [-0.2, -0.15) is 8.78 Å². The van der Waals surface area contributed by atoms with E-state index in [-0.39, 0.29) is 11.9 Å². The SMILES string of the molecule is CCCCCOC1COC(c2ccc3c(F)c(CCc4ccc(OC(F)F)c(F)c4)ccc3c2)OC1. The van der Waals surface area contributed by atoms with E-state index in [0.29, 0.717) is 49.2 Å². The molecule has 1 aliphatic heterocycles. The first-order valence-electron chi connectivity index (χ1n) is 12.2. The highest BCUT2D eigenvalue weighted by atomic mass is 19.3. The Kier molecular flexibility index (Phi) is 9.18. The highest BCUT2D eigenvalue weighted by Crippen LogP contribution is 2.30.